The number of amides is 11. The van der Waals surface area contributed by atoms with Crippen LogP contribution in [0.25, 0.3) is 0 Å². The molecule has 8 N–H and O–H groups in total. The third-order valence-corrected chi connectivity index (χ3v) is 16.7. The van der Waals surface area contributed by atoms with E-state index < -0.39 is 157 Å². The van der Waals surface area contributed by atoms with Crippen molar-refractivity contribution in [1.29, 1.82) is 0 Å². The first-order valence-electron chi connectivity index (χ1n) is 31.5. The zero-order valence-corrected chi connectivity index (χ0v) is 54.6. The van der Waals surface area contributed by atoms with Gasteiger partial charge in [0.2, 0.25) is 59.1 Å². The molecule has 2 saturated heterocycles. The maximum atomic E-state index is 14.8. The highest BCUT2D eigenvalue weighted by atomic mass is 16.6. The Kier molecular flexibility index (Phi) is 29.1. The lowest BCUT2D eigenvalue weighted by atomic mass is 9.89. The van der Waals surface area contributed by atoms with Crippen molar-refractivity contribution in [3.8, 4) is 0 Å². The number of anilines is 1. The first-order valence-corrected chi connectivity index (χ1v) is 30.9. The van der Waals surface area contributed by atoms with Crippen LogP contribution in [-0.4, -0.2) is 204 Å². The van der Waals surface area contributed by atoms with Gasteiger partial charge in [0.1, 0.15) is 37.3 Å². The van der Waals surface area contributed by atoms with Gasteiger partial charge in [0.15, 0.2) is 0 Å². The van der Waals surface area contributed by atoms with Crippen molar-refractivity contribution in [1.82, 2.24) is 46.2 Å². The van der Waals surface area contributed by atoms with Crippen molar-refractivity contribution in [2.45, 2.75) is 181 Å². The number of aliphatic hydroxyl groups is 2. The third-order valence-electron chi connectivity index (χ3n) is 16.7. The Morgan fingerprint density at radius 2 is 1.39 bits per heavy atom. The third kappa shape index (κ3) is 20.7. The van der Waals surface area contributed by atoms with Crippen LogP contribution in [0.5, 0.6) is 0 Å². The van der Waals surface area contributed by atoms with Crippen molar-refractivity contribution >= 4 is 70.9 Å². The van der Waals surface area contributed by atoms with E-state index in [4.69, 9.17) is 15.6 Å². The maximum Gasteiger partial charge on any atom is 0.410 e. The molecule has 90 heavy (non-hydrogen) atoms. The van der Waals surface area contributed by atoms with Gasteiger partial charge in [-0.05, 0) is 66.7 Å². The minimum absolute atomic E-state index is 0.0974. The number of likely N-dealkylation sites (tertiary alicyclic amines) is 2. The highest BCUT2D eigenvalue weighted by molar-refractivity contribution is 6.04. The summed E-state index contributed by atoms with van der Waals surface area (Å²) in [4.78, 5) is 152. The van der Waals surface area contributed by atoms with Crippen LogP contribution in [0.4, 0.5) is 10.5 Å². The number of ether oxygens (including phenoxy) is 3. The lowest BCUT2D eigenvalue weighted by Gasteiger charge is -2.41. The molecule has 2 fully saturated rings. The van der Waals surface area contributed by atoms with E-state index in [1.54, 1.807) is 91.6 Å². The van der Waals surface area contributed by atoms with Gasteiger partial charge in [-0.15, -0.1) is 0 Å². The summed E-state index contributed by atoms with van der Waals surface area (Å²) in [5.74, 6) is -8.20. The summed E-state index contributed by atoms with van der Waals surface area (Å²) in [6, 6.07) is 8.71. The van der Waals surface area contributed by atoms with E-state index in [1.807, 2.05) is 32.0 Å². The van der Waals surface area contributed by atoms with Gasteiger partial charge in [0, 0.05) is 67.7 Å². The van der Waals surface area contributed by atoms with E-state index in [9.17, 15) is 63.0 Å². The normalized spacial score (nSPS) is 18.8. The first kappa shape index (κ1) is 73.2. The molecule has 13 atom stereocenters. The van der Waals surface area contributed by atoms with Gasteiger partial charge < -0.3 is 66.1 Å². The standard InChI is InChI=1S/C64H98N10O16/c1-15-39(8)56(47(88-13)32-52(80)73-31-19-22-46(73)58(89-14)40(9)59(82)66-41(10)57(81)43-20-17-16-18-21-43)71(11)63(86)54(37(4)5)70-62(85)55(38(6)7)72(12)64(87)90-35-42-23-25-44(26-24-42)67-60(83)45(34-75)68-61(84)53(36(2)3)69-48(76)29-30-65-49(77)33-74-50(78)27-28-51(74)79/h16-18,20-21,23-26,36-41,45-47,53-58,75,81H,15,19,22,27-35H2,1-14H3,(H,65,77)(H,66,82)(H,67,83)(H,68,84)(H,69,76)(H,70,85)/t39-,40+,41+,45-,46-,47+,53-,54-,55-,56-,57+,58+/m0/s1/i27T/t27?,39-,40+,41+,45-,46-,47+,53-,54-,55-,56-,57+,58+. The van der Waals surface area contributed by atoms with Crippen LogP contribution in [0.1, 0.15) is 133 Å². The number of carbonyl (C=O) groups is 11. The number of aliphatic hydroxyl groups excluding tert-OH is 2. The number of nitrogens with zero attached hydrogens (tertiary/aromatic N) is 4. The van der Waals surface area contributed by atoms with Crippen LogP contribution in [-0.2, 0) is 68.8 Å². The maximum absolute atomic E-state index is 14.8. The van der Waals surface area contributed by atoms with Gasteiger partial charge in [0.25, 0.3) is 0 Å². The van der Waals surface area contributed by atoms with Crippen molar-refractivity contribution in [3.05, 3.63) is 65.7 Å². The summed E-state index contributed by atoms with van der Waals surface area (Å²) in [5.41, 5.74) is 1.41. The van der Waals surface area contributed by atoms with Crippen LogP contribution in [0.2, 0.25) is 0 Å². The number of imide groups is 1. The molecule has 500 valence electrons. The van der Waals surface area contributed by atoms with Crippen molar-refractivity contribution in [3.63, 3.8) is 0 Å². The van der Waals surface area contributed by atoms with E-state index >= 15 is 0 Å². The average Bonchev–Trinajstić information content (AvgIpc) is 2.04. The fourth-order valence-electron chi connectivity index (χ4n) is 11.3. The highest BCUT2D eigenvalue weighted by Crippen LogP contribution is 2.30. The summed E-state index contributed by atoms with van der Waals surface area (Å²) in [6.45, 7) is 16.3. The molecule has 0 aliphatic carbocycles. The molecule has 26 nitrogen and oxygen atoms in total. The number of nitrogens with one attached hydrogen (secondary N) is 6. The predicted octanol–water partition coefficient (Wildman–Crippen LogP) is 2.79. The van der Waals surface area contributed by atoms with E-state index in [2.05, 4.69) is 31.9 Å². The highest BCUT2D eigenvalue weighted by Gasteiger charge is 2.44. The fraction of sp³-hybridized carbons (Fsp3) is 0.641. The molecule has 2 aliphatic heterocycles. The van der Waals surface area contributed by atoms with Crippen molar-refractivity contribution < 1.29 is 78.5 Å². The summed E-state index contributed by atoms with van der Waals surface area (Å²) < 4.78 is 25.2. The predicted molar refractivity (Wildman–Crippen MR) is 333 cm³/mol. The summed E-state index contributed by atoms with van der Waals surface area (Å²) in [5, 5.41) is 36.9. The topological polar surface area (TPSA) is 341 Å². The monoisotopic (exact) mass is 1260 g/mol. The van der Waals surface area contributed by atoms with Crippen LogP contribution in [0.15, 0.2) is 54.6 Å². The molecule has 0 aromatic heterocycles. The zero-order chi connectivity index (χ0) is 68.1. The molecule has 2 aromatic carbocycles. The number of hydrogen-bond donors (Lipinski definition) is 8. The Balaban J connectivity index is 1.33. The first-order chi connectivity index (χ1) is 42.9. The molecule has 4 rings (SSSR count). The lowest BCUT2D eigenvalue weighted by molar-refractivity contribution is -0.148. The smallest absolute Gasteiger partial charge is 0.410 e. The molecule has 2 heterocycles. The molecular formula is C64H98N10O16. The number of carbonyl (C=O) groups excluding carboxylic acids is 11. The molecule has 26 heteroatoms. The molecule has 0 saturated carbocycles. The van der Waals surface area contributed by atoms with Gasteiger partial charge >= 0.3 is 6.09 Å². The Morgan fingerprint density at radius 1 is 0.744 bits per heavy atom. The summed E-state index contributed by atoms with van der Waals surface area (Å²) in [7, 11) is 6.04. The Bertz CT molecular complexity index is 2810. The van der Waals surface area contributed by atoms with E-state index in [0.29, 0.717) is 41.8 Å². The molecule has 2 aromatic rings. The van der Waals surface area contributed by atoms with E-state index in [-0.39, 0.29) is 55.8 Å². The zero-order valence-electron chi connectivity index (χ0n) is 55.6. The molecule has 2 aliphatic rings. The number of likely N-dealkylation sites (N-methyl/N-ethyl adjacent to an activating group) is 2. The number of benzene rings is 2. The van der Waals surface area contributed by atoms with Gasteiger partial charge in [-0.25, -0.2) is 4.79 Å². The quantitative estimate of drug-likeness (QED) is 0.0467. The molecule has 1 unspecified atom stereocenters. The number of rotatable bonds is 34. The van der Waals surface area contributed by atoms with Gasteiger partial charge in [-0.2, -0.15) is 0 Å². The second-order valence-electron chi connectivity index (χ2n) is 24.4. The Labute approximate surface area is 530 Å². The van der Waals surface area contributed by atoms with E-state index in [1.165, 1.54) is 38.3 Å². The summed E-state index contributed by atoms with van der Waals surface area (Å²) >= 11 is 0. The molecule has 11 amide bonds. The van der Waals surface area contributed by atoms with Gasteiger partial charge in [0.05, 0.1) is 55.4 Å². The molecular weight excluding hydrogens is 1160 g/mol. The van der Waals surface area contributed by atoms with Crippen LogP contribution in [0.3, 0.4) is 0 Å². The molecule has 0 spiro atoms. The van der Waals surface area contributed by atoms with Crippen LogP contribution >= 0.6 is 0 Å². The summed E-state index contributed by atoms with van der Waals surface area (Å²) in [6.07, 6.45) is -3.32. The number of hydrogen-bond acceptors (Lipinski definition) is 16. The SMILES string of the molecule is [3H]C1CC(=O)N(CC(=O)NCCC(=O)N[C@H](C(=O)N[C@@H](CO)C(=O)Nc2ccc(COC(=O)N(C)[C@H](C(=O)N[C@H](C(=O)N(C)[C@@H]([C@@H](C)CC)[C@@H](CC(=O)N3CCC[C@H]3[C@H](OC)[C@@H](C)C(=O)N[C@H](C)[C@@H](O)c3ccccc3)OC)C(C)C)C(C)C)cc2)C(C)C)C1=O. The van der Waals surface area contributed by atoms with Crippen LogP contribution < -0.4 is 31.9 Å². The van der Waals surface area contributed by atoms with Crippen molar-refractivity contribution in [2.75, 3.05) is 59.9 Å². The number of methoxy groups -OCH3 is 2. The second kappa shape index (κ2) is 35.7. The minimum atomic E-state index is -1.45. The fourth-order valence-corrected chi connectivity index (χ4v) is 11.3. The lowest BCUT2D eigenvalue weighted by Crippen LogP contribution is -2.60. The van der Waals surface area contributed by atoms with Gasteiger partial charge in [-0.3, -0.25) is 57.7 Å². The Hall–Kier alpha value is -7.55. The van der Waals surface area contributed by atoms with Crippen LogP contribution in [0, 0.1) is 29.6 Å². The minimum Gasteiger partial charge on any atom is -0.445 e. The largest absolute Gasteiger partial charge is 0.445 e. The average molecular weight is 1270 g/mol. The second-order valence-corrected chi connectivity index (χ2v) is 24.4. The van der Waals surface area contributed by atoms with Gasteiger partial charge in [-0.1, -0.05) is 111 Å². The van der Waals surface area contributed by atoms with Crippen molar-refractivity contribution in [2.24, 2.45) is 29.6 Å². The molecule has 0 radical (unpaired) electrons. The molecule has 0 bridgehead atoms. The van der Waals surface area contributed by atoms with E-state index in [0.717, 1.165) is 4.90 Å². The Morgan fingerprint density at radius 3 is 1.94 bits per heavy atom.